The average Bonchev–Trinajstić information content (AvgIpc) is 3.34. The molecule has 1 aromatic heterocycles. The van der Waals surface area contributed by atoms with E-state index in [1.165, 1.54) is 28.6 Å². The number of nitrogens with one attached hydrogen (secondary N) is 2. The lowest BCUT2D eigenvalue weighted by Gasteiger charge is -2.26. The molecule has 3 rings (SSSR count). The largest absolute Gasteiger partial charge is 0.379 e. The van der Waals surface area contributed by atoms with Gasteiger partial charge in [-0.2, -0.15) is 4.31 Å². The molecular weight excluding hydrogens is 446 g/mol. The Morgan fingerprint density at radius 1 is 1.21 bits per heavy atom. The zero-order chi connectivity index (χ0) is 23.8. The first-order valence-corrected chi connectivity index (χ1v) is 12.5. The molecule has 0 bridgehead atoms. The number of ether oxygens (including phenoxy) is 1. The van der Waals surface area contributed by atoms with Gasteiger partial charge in [-0.15, -0.1) is 0 Å². The summed E-state index contributed by atoms with van der Waals surface area (Å²) in [5, 5.41) is 5.61. The summed E-state index contributed by atoms with van der Waals surface area (Å²) in [6.45, 7) is 6.10. The van der Waals surface area contributed by atoms with Gasteiger partial charge >= 0.3 is 0 Å². The number of nitrogens with zero attached hydrogens (tertiary/aromatic N) is 3. The number of aryl methyl sites for hydroxylation is 1. The molecule has 0 saturated carbocycles. The first kappa shape index (κ1) is 24.9. The SMILES string of the molecule is CC(C)C(NC(=O)c1cccc(S(=O)(=O)N2CCOCC2)c1)C(=O)NCCCn1ccnc1. The van der Waals surface area contributed by atoms with Gasteiger partial charge in [-0.3, -0.25) is 9.59 Å². The second-order valence-corrected chi connectivity index (χ2v) is 10.1. The first-order chi connectivity index (χ1) is 15.8. The lowest BCUT2D eigenvalue weighted by atomic mass is 10.0. The fourth-order valence-corrected chi connectivity index (χ4v) is 4.95. The number of carbonyl (C=O) groups is 2. The van der Waals surface area contributed by atoms with Crippen LogP contribution >= 0.6 is 0 Å². The van der Waals surface area contributed by atoms with Gasteiger partial charge in [0, 0.05) is 44.1 Å². The third kappa shape index (κ3) is 6.62. The minimum absolute atomic E-state index is 0.0436. The van der Waals surface area contributed by atoms with Gasteiger partial charge in [0.15, 0.2) is 0 Å². The smallest absolute Gasteiger partial charge is 0.251 e. The van der Waals surface area contributed by atoms with Crippen molar-refractivity contribution in [2.24, 2.45) is 5.92 Å². The third-order valence-electron chi connectivity index (χ3n) is 5.39. The van der Waals surface area contributed by atoms with E-state index in [2.05, 4.69) is 15.6 Å². The number of carbonyl (C=O) groups excluding carboxylic acids is 2. The van der Waals surface area contributed by atoms with Crippen LogP contribution in [0.1, 0.15) is 30.6 Å². The van der Waals surface area contributed by atoms with Crippen molar-refractivity contribution in [3.63, 3.8) is 0 Å². The summed E-state index contributed by atoms with van der Waals surface area (Å²) >= 11 is 0. The van der Waals surface area contributed by atoms with E-state index in [1.54, 1.807) is 12.5 Å². The Morgan fingerprint density at radius 3 is 2.64 bits per heavy atom. The van der Waals surface area contributed by atoms with E-state index in [9.17, 15) is 18.0 Å². The molecule has 2 heterocycles. The Labute approximate surface area is 194 Å². The Balaban J connectivity index is 1.61. The predicted octanol–water partition coefficient (Wildman–Crippen LogP) is 0.865. The highest BCUT2D eigenvalue weighted by Gasteiger charge is 2.28. The number of aromatic nitrogens is 2. The molecule has 1 aromatic carbocycles. The Morgan fingerprint density at radius 2 is 1.97 bits per heavy atom. The van der Waals surface area contributed by atoms with Crippen LogP contribution in [-0.2, 0) is 26.1 Å². The van der Waals surface area contributed by atoms with Crippen molar-refractivity contribution in [1.29, 1.82) is 0 Å². The van der Waals surface area contributed by atoms with Gasteiger partial charge in [0.05, 0.1) is 24.4 Å². The van der Waals surface area contributed by atoms with Crippen molar-refractivity contribution in [3.05, 3.63) is 48.5 Å². The Bertz CT molecular complexity index is 1030. The first-order valence-electron chi connectivity index (χ1n) is 11.0. The number of rotatable bonds is 10. The van der Waals surface area contributed by atoms with Gasteiger partial charge < -0.3 is 19.9 Å². The molecule has 2 aromatic rings. The molecule has 10 nitrogen and oxygen atoms in total. The van der Waals surface area contributed by atoms with Gasteiger partial charge in [0.2, 0.25) is 15.9 Å². The van der Waals surface area contributed by atoms with Crippen molar-refractivity contribution in [2.75, 3.05) is 32.8 Å². The van der Waals surface area contributed by atoms with Crippen molar-refractivity contribution < 1.29 is 22.7 Å². The molecule has 1 fully saturated rings. The molecule has 0 aliphatic carbocycles. The molecule has 2 amide bonds. The van der Waals surface area contributed by atoms with Crippen LogP contribution in [0.3, 0.4) is 0 Å². The minimum atomic E-state index is -3.73. The highest BCUT2D eigenvalue weighted by Crippen LogP contribution is 2.18. The number of morpholine rings is 1. The quantitative estimate of drug-likeness (QED) is 0.490. The van der Waals surface area contributed by atoms with E-state index in [4.69, 9.17) is 4.74 Å². The molecule has 2 N–H and O–H groups in total. The zero-order valence-electron chi connectivity index (χ0n) is 18.9. The molecule has 1 atom stereocenters. The summed E-state index contributed by atoms with van der Waals surface area (Å²) in [5.41, 5.74) is 0.183. The fraction of sp³-hybridized carbons (Fsp3) is 0.500. The number of hydrogen-bond acceptors (Lipinski definition) is 6. The van der Waals surface area contributed by atoms with Crippen LogP contribution < -0.4 is 10.6 Å². The summed E-state index contributed by atoms with van der Waals surface area (Å²) in [6.07, 6.45) is 5.99. The molecule has 1 saturated heterocycles. The summed E-state index contributed by atoms with van der Waals surface area (Å²) in [4.78, 5) is 29.6. The van der Waals surface area contributed by atoms with Crippen LogP contribution in [0, 0.1) is 5.92 Å². The third-order valence-corrected chi connectivity index (χ3v) is 7.29. The van der Waals surface area contributed by atoms with Crippen LogP contribution in [0.15, 0.2) is 47.9 Å². The lowest BCUT2D eigenvalue weighted by molar-refractivity contribution is -0.123. The van der Waals surface area contributed by atoms with Gasteiger partial charge in [-0.1, -0.05) is 19.9 Å². The fourth-order valence-electron chi connectivity index (χ4n) is 3.50. The van der Waals surface area contributed by atoms with Crippen LogP contribution in [0.25, 0.3) is 0 Å². The van der Waals surface area contributed by atoms with Gasteiger partial charge in [-0.05, 0) is 30.5 Å². The van der Waals surface area contributed by atoms with Gasteiger partial charge in [0.25, 0.3) is 5.91 Å². The van der Waals surface area contributed by atoms with Crippen molar-refractivity contribution >= 4 is 21.8 Å². The summed E-state index contributed by atoms with van der Waals surface area (Å²) in [5.74, 6) is -0.926. The average molecular weight is 478 g/mol. The maximum Gasteiger partial charge on any atom is 0.251 e. The molecular formula is C22H31N5O5S. The van der Waals surface area contributed by atoms with E-state index in [1.807, 2.05) is 24.6 Å². The maximum atomic E-state index is 12.9. The second kappa shape index (κ2) is 11.4. The topological polar surface area (TPSA) is 123 Å². The van der Waals surface area contributed by atoms with E-state index < -0.39 is 22.0 Å². The van der Waals surface area contributed by atoms with E-state index >= 15 is 0 Å². The molecule has 1 unspecified atom stereocenters. The lowest BCUT2D eigenvalue weighted by Crippen LogP contribution is -2.50. The van der Waals surface area contributed by atoms with Crippen LogP contribution in [0.2, 0.25) is 0 Å². The summed E-state index contributed by atoms with van der Waals surface area (Å²) in [7, 11) is -3.73. The van der Waals surface area contributed by atoms with Gasteiger partial charge in [-0.25, -0.2) is 13.4 Å². The number of imidazole rings is 1. The molecule has 33 heavy (non-hydrogen) atoms. The monoisotopic (exact) mass is 477 g/mol. The van der Waals surface area contributed by atoms with Crippen molar-refractivity contribution in [1.82, 2.24) is 24.5 Å². The van der Waals surface area contributed by atoms with Crippen molar-refractivity contribution in [2.45, 2.75) is 37.8 Å². The van der Waals surface area contributed by atoms with E-state index in [0.717, 1.165) is 13.0 Å². The number of benzene rings is 1. The molecule has 1 aliphatic heterocycles. The van der Waals surface area contributed by atoms with Gasteiger partial charge in [0.1, 0.15) is 6.04 Å². The molecule has 180 valence electrons. The second-order valence-electron chi connectivity index (χ2n) is 8.18. The number of hydrogen-bond donors (Lipinski definition) is 2. The van der Waals surface area contributed by atoms with Crippen molar-refractivity contribution in [3.8, 4) is 0 Å². The maximum absolute atomic E-state index is 12.9. The Hall–Kier alpha value is -2.76. The highest BCUT2D eigenvalue weighted by atomic mass is 32.2. The molecule has 0 spiro atoms. The standard InChI is InChI=1S/C22H31N5O5S/c1-17(2)20(22(29)24-7-4-9-26-10-8-23-16-26)25-21(28)18-5-3-6-19(15-18)33(30,31)27-11-13-32-14-12-27/h3,5-6,8,10,15-17,20H,4,7,9,11-14H2,1-2H3,(H,24,29)(H,25,28). The summed E-state index contributed by atoms with van der Waals surface area (Å²) < 4.78 is 34.3. The Kier molecular flexibility index (Phi) is 8.59. The zero-order valence-corrected chi connectivity index (χ0v) is 19.8. The number of amides is 2. The molecule has 0 radical (unpaired) electrons. The highest BCUT2D eigenvalue weighted by molar-refractivity contribution is 7.89. The van der Waals surface area contributed by atoms with Crippen LogP contribution in [0.5, 0.6) is 0 Å². The molecule has 1 aliphatic rings. The predicted molar refractivity (Wildman–Crippen MR) is 122 cm³/mol. The number of sulfonamides is 1. The molecule has 11 heteroatoms. The minimum Gasteiger partial charge on any atom is -0.379 e. The van der Waals surface area contributed by atoms with E-state index in [0.29, 0.717) is 19.8 Å². The van der Waals surface area contributed by atoms with Crippen LogP contribution in [-0.4, -0.2) is 73.0 Å². The van der Waals surface area contributed by atoms with E-state index in [-0.39, 0.29) is 35.4 Å². The van der Waals surface area contributed by atoms with Crippen LogP contribution in [0.4, 0.5) is 0 Å². The summed E-state index contributed by atoms with van der Waals surface area (Å²) in [6, 6.07) is 5.14. The normalized spacial score (nSPS) is 15.8.